The molecule has 8 nitrogen and oxygen atoms in total. The number of aromatic carboxylic acids is 1. The lowest BCUT2D eigenvalue weighted by atomic mass is 10.1. The predicted molar refractivity (Wildman–Crippen MR) is 69.1 cm³/mol. The Morgan fingerprint density at radius 1 is 1.40 bits per heavy atom. The number of primary amides is 1. The van der Waals surface area contributed by atoms with E-state index in [-0.39, 0.29) is 23.7 Å². The van der Waals surface area contributed by atoms with Crippen molar-refractivity contribution in [2.24, 2.45) is 11.7 Å². The fraction of sp³-hybridized carbons (Fsp3) is 0.333. The minimum absolute atomic E-state index is 0.0146. The van der Waals surface area contributed by atoms with Crippen LogP contribution in [-0.2, 0) is 4.79 Å². The van der Waals surface area contributed by atoms with E-state index in [2.05, 4.69) is 10.3 Å². The number of urea groups is 1. The second-order valence-electron chi connectivity index (χ2n) is 4.53. The van der Waals surface area contributed by atoms with Gasteiger partial charge in [0.05, 0.1) is 23.4 Å². The van der Waals surface area contributed by atoms with Crippen LogP contribution in [0, 0.1) is 5.92 Å². The minimum atomic E-state index is -1.12. The van der Waals surface area contributed by atoms with Gasteiger partial charge in [-0.2, -0.15) is 0 Å². The molecule has 2 rings (SSSR count). The Balaban J connectivity index is 2.00. The standard InChI is InChI=1S/C12H14N4O4/c13-10(17)7-1-2-16(6-7)12(20)15-9-3-8(11(18)19)4-14-5-9/h3-5,7H,1-2,6H2,(H2,13,17)(H,15,20)(H,18,19). The number of aromatic nitrogens is 1. The number of likely N-dealkylation sites (tertiary alicyclic amines) is 1. The molecule has 106 valence electrons. The van der Waals surface area contributed by atoms with Gasteiger partial charge in [0.2, 0.25) is 5.91 Å². The van der Waals surface area contributed by atoms with Crippen molar-refractivity contribution >= 4 is 23.6 Å². The Labute approximate surface area is 114 Å². The molecular formula is C12H14N4O4. The first-order valence-corrected chi connectivity index (χ1v) is 6.01. The van der Waals surface area contributed by atoms with Crippen LogP contribution in [0.2, 0.25) is 0 Å². The number of nitrogens with zero attached hydrogens (tertiary/aromatic N) is 2. The van der Waals surface area contributed by atoms with Crippen molar-refractivity contribution in [3.05, 3.63) is 24.0 Å². The number of hydrogen-bond donors (Lipinski definition) is 3. The summed E-state index contributed by atoms with van der Waals surface area (Å²) in [7, 11) is 0. The number of nitrogens with two attached hydrogens (primary N) is 1. The molecule has 0 radical (unpaired) electrons. The topological polar surface area (TPSA) is 126 Å². The van der Waals surface area contributed by atoms with Gasteiger partial charge in [0.1, 0.15) is 0 Å². The van der Waals surface area contributed by atoms with Crippen LogP contribution in [0.25, 0.3) is 0 Å². The molecule has 1 aliphatic rings. The first-order valence-electron chi connectivity index (χ1n) is 6.01. The molecule has 0 aromatic carbocycles. The quantitative estimate of drug-likeness (QED) is 0.724. The van der Waals surface area contributed by atoms with Crippen molar-refractivity contribution in [1.29, 1.82) is 0 Å². The highest BCUT2D eigenvalue weighted by atomic mass is 16.4. The van der Waals surface area contributed by atoms with Crippen LogP contribution in [0.4, 0.5) is 10.5 Å². The number of pyridine rings is 1. The number of carbonyl (C=O) groups excluding carboxylic acids is 2. The molecule has 20 heavy (non-hydrogen) atoms. The van der Waals surface area contributed by atoms with E-state index >= 15 is 0 Å². The molecule has 8 heteroatoms. The molecule has 1 saturated heterocycles. The van der Waals surface area contributed by atoms with Crippen LogP contribution in [0.3, 0.4) is 0 Å². The van der Waals surface area contributed by atoms with E-state index in [4.69, 9.17) is 10.8 Å². The number of anilines is 1. The Bertz CT molecular complexity index is 560. The summed E-state index contributed by atoms with van der Waals surface area (Å²) in [6, 6.07) is 0.910. The zero-order valence-electron chi connectivity index (χ0n) is 10.6. The van der Waals surface area contributed by atoms with E-state index < -0.39 is 17.9 Å². The molecule has 0 spiro atoms. The molecule has 0 aliphatic carbocycles. The van der Waals surface area contributed by atoms with Crippen LogP contribution in [-0.4, -0.2) is 46.0 Å². The maximum atomic E-state index is 12.0. The number of nitrogens with one attached hydrogen (secondary N) is 1. The highest BCUT2D eigenvalue weighted by Crippen LogP contribution is 2.17. The molecule has 1 unspecified atom stereocenters. The maximum absolute atomic E-state index is 12.0. The van der Waals surface area contributed by atoms with Gasteiger partial charge in [0, 0.05) is 19.3 Å². The summed E-state index contributed by atoms with van der Waals surface area (Å²) in [6.07, 6.45) is 3.08. The van der Waals surface area contributed by atoms with Crippen LogP contribution in [0.15, 0.2) is 18.5 Å². The number of carboxylic acid groups (broad SMARTS) is 1. The highest BCUT2D eigenvalue weighted by molar-refractivity contribution is 5.93. The zero-order valence-corrected chi connectivity index (χ0v) is 10.6. The van der Waals surface area contributed by atoms with Crippen molar-refractivity contribution in [2.75, 3.05) is 18.4 Å². The summed E-state index contributed by atoms with van der Waals surface area (Å²) in [6.45, 7) is 0.707. The Kier molecular flexibility index (Phi) is 3.83. The second kappa shape index (κ2) is 5.55. The third-order valence-corrected chi connectivity index (χ3v) is 3.11. The summed E-state index contributed by atoms with van der Waals surface area (Å²) < 4.78 is 0. The fourth-order valence-electron chi connectivity index (χ4n) is 2.00. The lowest BCUT2D eigenvalue weighted by molar-refractivity contribution is -0.121. The van der Waals surface area contributed by atoms with Gasteiger partial charge in [0.15, 0.2) is 0 Å². The van der Waals surface area contributed by atoms with Gasteiger partial charge in [-0.25, -0.2) is 9.59 Å². The van der Waals surface area contributed by atoms with E-state index in [9.17, 15) is 14.4 Å². The SMILES string of the molecule is NC(=O)C1CCN(C(=O)Nc2cncc(C(=O)O)c2)C1. The lowest BCUT2D eigenvalue weighted by Gasteiger charge is -2.16. The second-order valence-corrected chi connectivity index (χ2v) is 4.53. The first-order chi connectivity index (χ1) is 9.47. The van der Waals surface area contributed by atoms with Gasteiger partial charge in [-0.15, -0.1) is 0 Å². The van der Waals surface area contributed by atoms with Gasteiger partial charge in [-0.1, -0.05) is 0 Å². The number of carboxylic acids is 1. The number of rotatable bonds is 3. The molecular weight excluding hydrogens is 264 g/mol. The lowest BCUT2D eigenvalue weighted by Crippen LogP contribution is -2.34. The van der Waals surface area contributed by atoms with E-state index in [1.165, 1.54) is 23.4 Å². The minimum Gasteiger partial charge on any atom is -0.478 e. The third-order valence-electron chi connectivity index (χ3n) is 3.11. The van der Waals surface area contributed by atoms with Crippen molar-refractivity contribution in [1.82, 2.24) is 9.88 Å². The maximum Gasteiger partial charge on any atom is 0.337 e. The number of hydrogen-bond acceptors (Lipinski definition) is 4. The summed E-state index contributed by atoms with van der Waals surface area (Å²) in [5.41, 5.74) is 5.47. The zero-order chi connectivity index (χ0) is 14.7. The molecule has 1 aliphatic heterocycles. The summed E-state index contributed by atoms with van der Waals surface area (Å²) >= 11 is 0. The Hall–Kier alpha value is -2.64. The number of carbonyl (C=O) groups is 3. The van der Waals surface area contributed by atoms with Crippen molar-refractivity contribution < 1.29 is 19.5 Å². The molecule has 1 aromatic heterocycles. The smallest absolute Gasteiger partial charge is 0.337 e. The van der Waals surface area contributed by atoms with E-state index in [1.54, 1.807) is 0 Å². The average Bonchev–Trinajstić information content (AvgIpc) is 2.88. The van der Waals surface area contributed by atoms with Gasteiger partial charge >= 0.3 is 12.0 Å². The Morgan fingerprint density at radius 3 is 2.75 bits per heavy atom. The summed E-state index contributed by atoms with van der Waals surface area (Å²) in [4.78, 5) is 39.0. The highest BCUT2D eigenvalue weighted by Gasteiger charge is 2.29. The van der Waals surface area contributed by atoms with Crippen LogP contribution < -0.4 is 11.1 Å². The van der Waals surface area contributed by atoms with E-state index in [0.29, 0.717) is 13.0 Å². The molecule has 0 saturated carbocycles. The van der Waals surface area contributed by atoms with Crippen molar-refractivity contribution in [3.8, 4) is 0 Å². The monoisotopic (exact) mass is 278 g/mol. The van der Waals surface area contributed by atoms with Crippen LogP contribution in [0.1, 0.15) is 16.8 Å². The molecule has 4 N–H and O–H groups in total. The summed E-state index contributed by atoms with van der Waals surface area (Å²) in [5, 5.41) is 11.4. The molecule has 1 aromatic rings. The summed E-state index contributed by atoms with van der Waals surface area (Å²) in [5.74, 6) is -1.87. The molecule has 0 bridgehead atoms. The van der Waals surface area contributed by atoms with Crippen LogP contribution in [0.5, 0.6) is 0 Å². The molecule has 1 atom stereocenters. The predicted octanol–water partition coefficient (Wildman–Crippen LogP) is 0.119. The van der Waals surface area contributed by atoms with E-state index in [1.807, 2.05) is 0 Å². The third kappa shape index (κ3) is 3.02. The Morgan fingerprint density at radius 2 is 2.15 bits per heavy atom. The average molecular weight is 278 g/mol. The van der Waals surface area contributed by atoms with Gasteiger partial charge < -0.3 is 21.1 Å². The largest absolute Gasteiger partial charge is 0.478 e. The van der Waals surface area contributed by atoms with E-state index in [0.717, 1.165) is 0 Å². The van der Waals surface area contributed by atoms with Crippen molar-refractivity contribution in [2.45, 2.75) is 6.42 Å². The van der Waals surface area contributed by atoms with Crippen LogP contribution >= 0.6 is 0 Å². The van der Waals surface area contributed by atoms with Crippen molar-refractivity contribution in [3.63, 3.8) is 0 Å². The number of amides is 3. The molecule has 2 heterocycles. The fourth-order valence-corrected chi connectivity index (χ4v) is 2.00. The molecule has 3 amide bonds. The molecule has 1 fully saturated rings. The van der Waals surface area contributed by atoms with Gasteiger partial charge in [-0.05, 0) is 12.5 Å². The van der Waals surface area contributed by atoms with Gasteiger partial charge in [0.25, 0.3) is 0 Å². The van der Waals surface area contributed by atoms with Gasteiger partial charge in [-0.3, -0.25) is 9.78 Å². The first kappa shape index (κ1) is 13.8. The normalized spacial score (nSPS) is 17.8.